The number of amides is 2. The Kier molecular flexibility index (Phi) is 5.58. The molecule has 1 aliphatic rings. The predicted molar refractivity (Wildman–Crippen MR) is 116 cm³/mol. The summed E-state index contributed by atoms with van der Waals surface area (Å²) in [6.07, 6.45) is 4.12. The average molecular weight is 410 g/mol. The minimum Gasteiger partial charge on any atom is -0.361 e. The molecule has 6 heteroatoms. The van der Waals surface area contributed by atoms with Gasteiger partial charge in [-0.15, -0.1) is 0 Å². The number of hydrogen-bond donors (Lipinski definition) is 2. The highest BCUT2D eigenvalue weighted by molar-refractivity contribution is 6.31. The topological polar surface area (TPSA) is 65.2 Å². The summed E-state index contributed by atoms with van der Waals surface area (Å²) < 4.78 is 0. The van der Waals surface area contributed by atoms with Gasteiger partial charge in [0, 0.05) is 40.9 Å². The lowest BCUT2D eigenvalue weighted by Crippen LogP contribution is -2.37. The van der Waals surface area contributed by atoms with Crippen molar-refractivity contribution in [2.45, 2.75) is 26.2 Å². The number of aryl methyl sites for hydroxylation is 1. The van der Waals surface area contributed by atoms with Gasteiger partial charge in [0.2, 0.25) is 11.8 Å². The number of anilines is 1. The van der Waals surface area contributed by atoms with Crippen molar-refractivity contribution in [3.8, 4) is 0 Å². The van der Waals surface area contributed by atoms with Gasteiger partial charge in [0.1, 0.15) is 5.92 Å². The van der Waals surface area contributed by atoms with Gasteiger partial charge in [-0.25, -0.2) is 0 Å². The molecule has 0 aliphatic carbocycles. The summed E-state index contributed by atoms with van der Waals surface area (Å²) in [5.74, 6) is -0.926. The second-order valence-electron chi connectivity index (χ2n) is 7.40. The van der Waals surface area contributed by atoms with Gasteiger partial charge in [0.05, 0.1) is 0 Å². The number of halogens is 1. The van der Waals surface area contributed by atoms with Crippen LogP contribution in [-0.2, 0) is 22.4 Å². The van der Waals surface area contributed by atoms with E-state index in [0.29, 0.717) is 31.0 Å². The molecule has 2 N–H and O–H groups in total. The largest absolute Gasteiger partial charge is 0.361 e. The van der Waals surface area contributed by atoms with E-state index in [1.54, 1.807) is 4.90 Å². The third kappa shape index (κ3) is 4.01. The first-order valence-corrected chi connectivity index (χ1v) is 10.4. The van der Waals surface area contributed by atoms with Crippen LogP contribution in [0, 0.1) is 5.92 Å². The Morgan fingerprint density at radius 2 is 2.03 bits per heavy atom. The maximum atomic E-state index is 12.8. The molecule has 1 saturated heterocycles. The van der Waals surface area contributed by atoms with Gasteiger partial charge in [-0.2, -0.15) is 0 Å². The van der Waals surface area contributed by atoms with Crippen molar-refractivity contribution < 1.29 is 9.59 Å². The van der Waals surface area contributed by atoms with Crippen molar-refractivity contribution in [1.29, 1.82) is 0 Å². The van der Waals surface area contributed by atoms with Crippen LogP contribution in [0.15, 0.2) is 48.7 Å². The molecule has 5 nitrogen and oxygen atoms in total. The van der Waals surface area contributed by atoms with E-state index in [4.69, 9.17) is 11.6 Å². The van der Waals surface area contributed by atoms with Gasteiger partial charge < -0.3 is 15.2 Å². The molecule has 2 amide bonds. The fourth-order valence-electron chi connectivity index (χ4n) is 3.89. The molecular weight excluding hydrogens is 386 g/mol. The number of nitrogens with zero attached hydrogens (tertiary/aromatic N) is 1. The molecule has 3 aromatic rings. The molecule has 1 aliphatic heterocycles. The Balaban J connectivity index is 1.35. The van der Waals surface area contributed by atoms with Crippen molar-refractivity contribution in [3.05, 3.63) is 64.8 Å². The van der Waals surface area contributed by atoms with Gasteiger partial charge in [-0.3, -0.25) is 9.59 Å². The zero-order chi connectivity index (χ0) is 20.4. The van der Waals surface area contributed by atoms with Crippen LogP contribution in [0.4, 0.5) is 5.69 Å². The highest BCUT2D eigenvalue weighted by Crippen LogP contribution is 2.26. The predicted octanol–water partition coefficient (Wildman–Crippen LogP) is 4.10. The molecule has 0 bridgehead atoms. The number of benzene rings is 2. The van der Waals surface area contributed by atoms with Gasteiger partial charge in [-0.1, -0.05) is 30.7 Å². The highest BCUT2D eigenvalue weighted by Gasteiger charge is 2.37. The number of carbonyl (C=O) groups is 2. The molecule has 2 heterocycles. The first-order chi connectivity index (χ1) is 14.1. The molecule has 2 aromatic carbocycles. The summed E-state index contributed by atoms with van der Waals surface area (Å²) in [7, 11) is 0. The van der Waals surface area contributed by atoms with Crippen LogP contribution in [-0.4, -0.2) is 29.9 Å². The fraction of sp³-hybridized carbons (Fsp3) is 0.304. The first-order valence-electron chi connectivity index (χ1n) is 10.0. The Hall–Kier alpha value is -2.79. The molecule has 1 atom stereocenters. The summed E-state index contributed by atoms with van der Waals surface area (Å²) in [5.41, 5.74) is 4.20. The van der Waals surface area contributed by atoms with Gasteiger partial charge >= 0.3 is 0 Å². The summed E-state index contributed by atoms with van der Waals surface area (Å²) in [5, 5.41) is 4.68. The Labute approximate surface area is 175 Å². The fourth-order valence-corrected chi connectivity index (χ4v) is 4.06. The molecule has 0 radical (unpaired) electrons. The molecule has 29 heavy (non-hydrogen) atoms. The highest BCUT2D eigenvalue weighted by atomic mass is 35.5. The van der Waals surface area contributed by atoms with E-state index in [1.807, 2.05) is 48.7 Å². The minimum absolute atomic E-state index is 0.120. The first kappa shape index (κ1) is 19.5. The number of rotatable bonds is 6. The zero-order valence-corrected chi connectivity index (χ0v) is 17.1. The second kappa shape index (κ2) is 8.29. The molecular formula is C23H24ClN3O2. The SMILES string of the molecule is CCc1ccc(N2CC[C@H](C(=O)NCCc3c[nH]c4ccc(Cl)cc34)C2=O)cc1. The van der Waals surface area contributed by atoms with Crippen LogP contribution in [0.3, 0.4) is 0 Å². The van der Waals surface area contributed by atoms with Gasteiger partial charge in [0.15, 0.2) is 0 Å². The van der Waals surface area contributed by atoms with Crippen LogP contribution in [0.25, 0.3) is 10.9 Å². The van der Waals surface area contributed by atoms with Crippen molar-refractivity contribution >= 4 is 40.0 Å². The summed E-state index contributed by atoms with van der Waals surface area (Å²) >= 11 is 6.09. The molecule has 4 rings (SSSR count). The summed E-state index contributed by atoms with van der Waals surface area (Å²) in [6.45, 7) is 3.15. The maximum absolute atomic E-state index is 12.8. The molecule has 0 spiro atoms. The summed E-state index contributed by atoms with van der Waals surface area (Å²) in [4.78, 5) is 30.3. The average Bonchev–Trinajstić information content (AvgIpc) is 3.31. The third-order valence-corrected chi connectivity index (χ3v) is 5.84. The minimum atomic E-state index is -0.613. The van der Waals surface area contributed by atoms with E-state index in [-0.39, 0.29) is 11.8 Å². The monoisotopic (exact) mass is 409 g/mol. The van der Waals surface area contributed by atoms with E-state index in [1.165, 1.54) is 5.56 Å². The summed E-state index contributed by atoms with van der Waals surface area (Å²) in [6, 6.07) is 13.7. The van der Waals surface area contributed by atoms with E-state index in [0.717, 1.165) is 28.6 Å². The second-order valence-corrected chi connectivity index (χ2v) is 7.83. The van der Waals surface area contributed by atoms with Crippen molar-refractivity contribution in [3.63, 3.8) is 0 Å². The Bertz CT molecular complexity index is 1040. The van der Waals surface area contributed by atoms with Crippen LogP contribution in [0.2, 0.25) is 5.02 Å². The van der Waals surface area contributed by atoms with Crippen molar-refractivity contribution in [2.75, 3.05) is 18.0 Å². The Morgan fingerprint density at radius 1 is 1.24 bits per heavy atom. The quantitative estimate of drug-likeness (QED) is 0.602. The lowest BCUT2D eigenvalue weighted by Gasteiger charge is -2.17. The third-order valence-electron chi connectivity index (χ3n) is 5.60. The van der Waals surface area contributed by atoms with Gasteiger partial charge in [-0.05, 0) is 60.7 Å². The number of carbonyl (C=O) groups excluding carboxylic acids is 2. The van der Waals surface area contributed by atoms with Crippen molar-refractivity contribution in [2.24, 2.45) is 5.92 Å². The van der Waals surface area contributed by atoms with Crippen LogP contribution in [0.1, 0.15) is 24.5 Å². The zero-order valence-electron chi connectivity index (χ0n) is 16.4. The van der Waals surface area contributed by atoms with Crippen LogP contribution < -0.4 is 10.2 Å². The molecule has 150 valence electrons. The standard InChI is InChI=1S/C23H24ClN3O2/c1-2-15-3-6-18(7-4-15)27-12-10-19(23(27)29)22(28)25-11-9-16-14-26-21-8-5-17(24)13-20(16)21/h3-8,13-14,19,26H,2,9-12H2,1H3,(H,25,28)/t19-/m1/s1. The van der Waals surface area contributed by atoms with Crippen LogP contribution >= 0.6 is 11.6 Å². The van der Waals surface area contributed by atoms with E-state index >= 15 is 0 Å². The Morgan fingerprint density at radius 3 is 2.79 bits per heavy atom. The number of hydrogen-bond acceptors (Lipinski definition) is 2. The van der Waals surface area contributed by atoms with Crippen LogP contribution in [0.5, 0.6) is 0 Å². The smallest absolute Gasteiger partial charge is 0.239 e. The number of H-pyrrole nitrogens is 1. The number of nitrogens with one attached hydrogen (secondary N) is 2. The maximum Gasteiger partial charge on any atom is 0.239 e. The number of aromatic nitrogens is 1. The van der Waals surface area contributed by atoms with E-state index in [2.05, 4.69) is 17.2 Å². The molecule has 1 fully saturated rings. The van der Waals surface area contributed by atoms with Crippen molar-refractivity contribution in [1.82, 2.24) is 10.3 Å². The molecule has 0 unspecified atom stereocenters. The molecule has 0 saturated carbocycles. The lowest BCUT2D eigenvalue weighted by molar-refractivity contribution is -0.132. The number of aromatic amines is 1. The normalized spacial score (nSPS) is 16.6. The number of fused-ring (bicyclic) bond motifs is 1. The van der Waals surface area contributed by atoms with E-state index < -0.39 is 5.92 Å². The van der Waals surface area contributed by atoms with Gasteiger partial charge in [0.25, 0.3) is 0 Å². The van der Waals surface area contributed by atoms with E-state index in [9.17, 15) is 9.59 Å². The molecule has 1 aromatic heterocycles. The lowest BCUT2D eigenvalue weighted by atomic mass is 10.1.